The molecular weight excluding hydrogens is 274 g/mol. The molecule has 0 aliphatic carbocycles. The molecule has 1 atom stereocenters. The van der Waals surface area contributed by atoms with Gasteiger partial charge < -0.3 is 21.1 Å². The van der Waals surface area contributed by atoms with Gasteiger partial charge in [-0.1, -0.05) is 26.8 Å². The van der Waals surface area contributed by atoms with Crippen LogP contribution in [-0.2, 0) is 14.4 Å². The second-order valence-corrected chi connectivity index (χ2v) is 5.98. The van der Waals surface area contributed by atoms with Crippen LogP contribution in [0.5, 0.6) is 0 Å². The minimum Gasteiger partial charge on any atom is -0.478 e. The molecule has 7 nitrogen and oxygen atoms in total. The molecule has 0 spiro atoms. The molecule has 0 fully saturated rings. The zero-order chi connectivity index (χ0) is 16.8. The number of carboxylic acids is 1. The summed E-state index contributed by atoms with van der Waals surface area (Å²) in [6, 6.07) is -0.725. The molecule has 4 N–H and O–H groups in total. The SMILES string of the molecule is C/C(=C\CN(C)C(=O)C(NC(=O)CN)C(C)(C)C)C(=O)O. The summed E-state index contributed by atoms with van der Waals surface area (Å²) in [7, 11) is 1.56. The minimum absolute atomic E-state index is 0.155. The van der Waals surface area contributed by atoms with E-state index in [2.05, 4.69) is 5.32 Å². The van der Waals surface area contributed by atoms with Gasteiger partial charge in [-0.15, -0.1) is 0 Å². The van der Waals surface area contributed by atoms with Gasteiger partial charge >= 0.3 is 5.97 Å². The number of hydrogen-bond acceptors (Lipinski definition) is 4. The van der Waals surface area contributed by atoms with E-state index in [1.165, 1.54) is 17.9 Å². The lowest BCUT2D eigenvalue weighted by Crippen LogP contribution is -2.55. The number of amides is 2. The van der Waals surface area contributed by atoms with Gasteiger partial charge in [-0.2, -0.15) is 0 Å². The highest BCUT2D eigenvalue weighted by molar-refractivity contribution is 5.89. The number of likely N-dealkylation sites (N-methyl/N-ethyl adjacent to an activating group) is 1. The Morgan fingerprint density at radius 2 is 1.86 bits per heavy atom. The maximum atomic E-state index is 12.4. The van der Waals surface area contributed by atoms with E-state index >= 15 is 0 Å². The predicted octanol–water partition coefficient (Wildman–Crippen LogP) is -0.0347. The van der Waals surface area contributed by atoms with Gasteiger partial charge in [0, 0.05) is 19.2 Å². The van der Waals surface area contributed by atoms with Crippen molar-refractivity contribution in [2.45, 2.75) is 33.7 Å². The normalized spacial score (nSPS) is 13.5. The highest BCUT2D eigenvalue weighted by Gasteiger charge is 2.34. The van der Waals surface area contributed by atoms with Crippen LogP contribution in [0.3, 0.4) is 0 Å². The van der Waals surface area contributed by atoms with Gasteiger partial charge in [0.15, 0.2) is 0 Å². The van der Waals surface area contributed by atoms with Gasteiger partial charge in [-0.25, -0.2) is 4.79 Å². The third-order valence-corrected chi connectivity index (χ3v) is 2.99. The van der Waals surface area contributed by atoms with E-state index in [0.29, 0.717) is 0 Å². The first-order valence-electron chi connectivity index (χ1n) is 6.65. The summed E-state index contributed by atoms with van der Waals surface area (Å²) in [5.74, 6) is -1.73. The third kappa shape index (κ3) is 6.40. The molecule has 0 aliphatic rings. The molecule has 0 aromatic carbocycles. The summed E-state index contributed by atoms with van der Waals surface area (Å²) < 4.78 is 0. The van der Waals surface area contributed by atoms with Crippen LogP contribution >= 0.6 is 0 Å². The quantitative estimate of drug-likeness (QED) is 0.596. The topological polar surface area (TPSA) is 113 Å². The van der Waals surface area contributed by atoms with Crippen LogP contribution in [0.25, 0.3) is 0 Å². The van der Waals surface area contributed by atoms with Gasteiger partial charge in [-0.3, -0.25) is 9.59 Å². The van der Waals surface area contributed by atoms with Crippen LogP contribution in [-0.4, -0.2) is 54.0 Å². The van der Waals surface area contributed by atoms with Crippen molar-refractivity contribution < 1.29 is 19.5 Å². The van der Waals surface area contributed by atoms with Gasteiger partial charge in [-0.05, 0) is 12.3 Å². The largest absolute Gasteiger partial charge is 0.478 e. The monoisotopic (exact) mass is 299 g/mol. The van der Waals surface area contributed by atoms with E-state index in [1.807, 2.05) is 20.8 Å². The van der Waals surface area contributed by atoms with E-state index in [1.54, 1.807) is 7.05 Å². The predicted molar refractivity (Wildman–Crippen MR) is 79.5 cm³/mol. The van der Waals surface area contributed by atoms with Crippen molar-refractivity contribution in [3.63, 3.8) is 0 Å². The Kier molecular flexibility index (Phi) is 7.08. The number of aliphatic carboxylic acids is 1. The molecule has 7 heteroatoms. The molecule has 0 aliphatic heterocycles. The molecule has 0 saturated heterocycles. The van der Waals surface area contributed by atoms with Crippen molar-refractivity contribution in [2.75, 3.05) is 20.1 Å². The zero-order valence-corrected chi connectivity index (χ0v) is 13.3. The number of nitrogens with one attached hydrogen (secondary N) is 1. The van der Waals surface area contributed by atoms with Crippen molar-refractivity contribution in [3.05, 3.63) is 11.6 Å². The smallest absolute Gasteiger partial charge is 0.331 e. The van der Waals surface area contributed by atoms with Crippen molar-refractivity contribution in [1.82, 2.24) is 10.2 Å². The van der Waals surface area contributed by atoms with Crippen LogP contribution in [0.2, 0.25) is 0 Å². The number of nitrogens with zero attached hydrogens (tertiary/aromatic N) is 1. The van der Waals surface area contributed by atoms with Gasteiger partial charge in [0.1, 0.15) is 6.04 Å². The highest BCUT2D eigenvalue weighted by atomic mass is 16.4. The second kappa shape index (κ2) is 7.78. The second-order valence-electron chi connectivity index (χ2n) is 5.98. The fourth-order valence-corrected chi connectivity index (χ4v) is 1.54. The van der Waals surface area contributed by atoms with Gasteiger partial charge in [0.2, 0.25) is 11.8 Å². The Morgan fingerprint density at radius 3 is 2.24 bits per heavy atom. The molecule has 0 aromatic heterocycles. The first kappa shape index (κ1) is 19.1. The lowest BCUT2D eigenvalue weighted by Gasteiger charge is -2.33. The molecule has 0 aromatic rings. The summed E-state index contributed by atoms with van der Waals surface area (Å²) in [4.78, 5) is 36.0. The molecule has 1 unspecified atom stereocenters. The third-order valence-electron chi connectivity index (χ3n) is 2.99. The lowest BCUT2D eigenvalue weighted by atomic mass is 9.85. The van der Waals surface area contributed by atoms with Crippen LogP contribution in [0.4, 0.5) is 0 Å². The summed E-state index contributed by atoms with van der Waals surface area (Å²) >= 11 is 0. The highest BCUT2D eigenvalue weighted by Crippen LogP contribution is 2.21. The first-order chi connectivity index (χ1) is 9.50. The van der Waals surface area contributed by atoms with E-state index in [4.69, 9.17) is 10.8 Å². The van der Waals surface area contributed by atoms with Crippen molar-refractivity contribution >= 4 is 17.8 Å². The molecule has 120 valence electrons. The molecular formula is C14H25N3O4. The molecule has 0 heterocycles. The lowest BCUT2D eigenvalue weighted by molar-refractivity contribution is -0.137. The maximum absolute atomic E-state index is 12.4. The number of carboxylic acid groups (broad SMARTS) is 1. The Labute approximate surface area is 125 Å². The van der Waals surface area contributed by atoms with Crippen LogP contribution in [0.15, 0.2) is 11.6 Å². The standard InChI is InChI=1S/C14H25N3O4/c1-9(13(20)21)6-7-17(5)12(19)11(14(2,3)4)16-10(18)8-15/h6,11H,7-8,15H2,1-5H3,(H,16,18)(H,20,21)/b9-6+. The minimum atomic E-state index is -1.03. The number of carbonyl (C=O) groups is 3. The number of carbonyl (C=O) groups excluding carboxylic acids is 2. The molecule has 21 heavy (non-hydrogen) atoms. The van der Waals surface area contributed by atoms with E-state index in [0.717, 1.165) is 0 Å². The maximum Gasteiger partial charge on any atom is 0.331 e. The molecule has 0 saturated carbocycles. The molecule has 2 amide bonds. The zero-order valence-electron chi connectivity index (χ0n) is 13.3. The van der Waals surface area contributed by atoms with E-state index in [9.17, 15) is 14.4 Å². The Balaban J connectivity index is 5.00. The van der Waals surface area contributed by atoms with Crippen molar-refractivity contribution in [3.8, 4) is 0 Å². The average molecular weight is 299 g/mol. The fraction of sp³-hybridized carbons (Fsp3) is 0.643. The number of rotatable bonds is 6. The first-order valence-corrected chi connectivity index (χ1v) is 6.65. The Hall–Kier alpha value is -1.89. The van der Waals surface area contributed by atoms with Gasteiger partial charge in [0.05, 0.1) is 6.54 Å². The molecule has 0 bridgehead atoms. The van der Waals surface area contributed by atoms with Crippen molar-refractivity contribution in [1.29, 1.82) is 0 Å². The molecule has 0 radical (unpaired) electrons. The summed E-state index contributed by atoms with van der Waals surface area (Å²) in [5.41, 5.74) is 4.94. The Morgan fingerprint density at radius 1 is 1.33 bits per heavy atom. The van der Waals surface area contributed by atoms with Crippen LogP contribution in [0, 0.1) is 5.41 Å². The van der Waals surface area contributed by atoms with Crippen molar-refractivity contribution in [2.24, 2.45) is 11.1 Å². The molecule has 0 rings (SSSR count). The number of hydrogen-bond donors (Lipinski definition) is 3. The summed E-state index contributed by atoms with van der Waals surface area (Å²) in [6.45, 7) is 6.91. The van der Waals surface area contributed by atoms with E-state index < -0.39 is 23.3 Å². The van der Waals surface area contributed by atoms with Crippen LogP contribution in [0.1, 0.15) is 27.7 Å². The average Bonchev–Trinajstić information content (AvgIpc) is 2.38. The Bertz CT molecular complexity index is 438. The van der Waals surface area contributed by atoms with Gasteiger partial charge in [0.25, 0.3) is 0 Å². The summed E-state index contributed by atoms with van der Waals surface area (Å²) in [6.07, 6.45) is 1.45. The van der Waals surface area contributed by atoms with Crippen LogP contribution < -0.4 is 11.1 Å². The summed E-state index contributed by atoms with van der Waals surface area (Å²) in [5, 5.41) is 11.4. The van der Waals surface area contributed by atoms with E-state index in [-0.39, 0.29) is 24.6 Å². The fourth-order valence-electron chi connectivity index (χ4n) is 1.54. The number of nitrogens with two attached hydrogens (primary N) is 1.